The molecular weight excluding hydrogens is 382 g/mol. The molecule has 0 saturated heterocycles. The van der Waals surface area contributed by atoms with Crippen molar-refractivity contribution in [1.82, 2.24) is 4.98 Å². The molecule has 0 saturated carbocycles. The second-order valence-corrected chi connectivity index (χ2v) is 8.65. The van der Waals surface area contributed by atoms with Crippen LogP contribution in [0.3, 0.4) is 0 Å². The lowest BCUT2D eigenvalue weighted by atomic mass is 10.1. The molecule has 0 radical (unpaired) electrons. The number of benzene rings is 1. The van der Waals surface area contributed by atoms with Crippen molar-refractivity contribution in [2.75, 3.05) is 13.2 Å². The van der Waals surface area contributed by atoms with Crippen LogP contribution in [-0.2, 0) is 11.2 Å². The molecule has 0 fully saturated rings. The highest BCUT2D eigenvalue weighted by molar-refractivity contribution is 5.60. The van der Waals surface area contributed by atoms with Crippen LogP contribution >= 0.6 is 0 Å². The molecule has 172 valence electrons. The summed E-state index contributed by atoms with van der Waals surface area (Å²) in [5, 5.41) is 0. The van der Waals surface area contributed by atoms with Crippen molar-refractivity contribution in [2.45, 2.75) is 97.5 Å². The minimum Gasteiger partial charge on any atom is -0.491 e. The van der Waals surface area contributed by atoms with Crippen molar-refractivity contribution < 1.29 is 9.47 Å². The summed E-state index contributed by atoms with van der Waals surface area (Å²) in [4.78, 5) is 4.68. The number of unbranched alkanes of at least 4 members (excludes halogenated alkanes) is 8. The van der Waals surface area contributed by atoms with Crippen LogP contribution in [0.2, 0.25) is 0 Å². The summed E-state index contributed by atoms with van der Waals surface area (Å²) >= 11 is 0. The lowest BCUT2D eigenvalue weighted by Crippen LogP contribution is -2.18. The molecule has 0 spiro atoms. The molecule has 0 aliphatic rings. The minimum atomic E-state index is 0.113. The van der Waals surface area contributed by atoms with Gasteiger partial charge in [0.05, 0.1) is 11.8 Å². The zero-order chi connectivity index (χ0) is 22.2. The van der Waals surface area contributed by atoms with Crippen molar-refractivity contribution in [3.05, 3.63) is 48.2 Å². The van der Waals surface area contributed by atoms with E-state index in [-0.39, 0.29) is 6.10 Å². The third kappa shape index (κ3) is 10.8. The number of hydrogen-bond donors (Lipinski definition) is 0. The molecule has 0 aliphatic carbocycles. The third-order valence-corrected chi connectivity index (χ3v) is 5.68. The van der Waals surface area contributed by atoms with Gasteiger partial charge in [0, 0.05) is 18.4 Å². The fourth-order valence-electron chi connectivity index (χ4n) is 3.65. The lowest BCUT2D eigenvalue weighted by molar-refractivity contribution is 0.0303. The molecule has 3 heteroatoms. The summed E-state index contributed by atoms with van der Waals surface area (Å²) in [6.07, 6.45) is 16.2. The first-order valence-corrected chi connectivity index (χ1v) is 12.5. The van der Waals surface area contributed by atoms with Crippen molar-refractivity contribution in [3.8, 4) is 17.0 Å². The van der Waals surface area contributed by atoms with Gasteiger partial charge in [0.25, 0.3) is 0 Å². The number of nitrogens with zero attached hydrogens (tertiary/aromatic N) is 1. The molecule has 1 heterocycles. The van der Waals surface area contributed by atoms with Crippen LogP contribution in [0.15, 0.2) is 42.6 Å². The molecule has 2 aromatic rings. The van der Waals surface area contributed by atoms with Crippen molar-refractivity contribution >= 4 is 0 Å². The standard InChI is InChI=1S/C28H43NO2/c1-4-6-8-10-11-12-14-25-15-20-28(29-22-25)26-16-18-27(19-17-26)31-23-24(3)30-21-13-9-7-5-2/h15-20,22,24H,4-14,21,23H2,1-3H3. The summed E-state index contributed by atoms with van der Waals surface area (Å²) in [7, 11) is 0. The number of aromatic nitrogens is 1. The maximum absolute atomic E-state index is 5.89. The van der Waals surface area contributed by atoms with Gasteiger partial charge in [-0.2, -0.15) is 0 Å². The predicted molar refractivity (Wildman–Crippen MR) is 132 cm³/mol. The van der Waals surface area contributed by atoms with Gasteiger partial charge in [0.1, 0.15) is 12.4 Å². The molecule has 31 heavy (non-hydrogen) atoms. The molecule has 1 aromatic carbocycles. The highest BCUT2D eigenvalue weighted by Crippen LogP contribution is 2.21. The van der Waals surface area contributed by atoms with Gasteiger partial charge in [-0.15, -0.1) is 0 Å². The molecule has 0 N–H and O–H groups in total. The first-order chi connectivity index (χ1) is 15.2. The third-order valence-electron chi connectivity index (χ3n) is 5.68. The van der Waals surface area contributed by atoms with Crippen LogP contribution in [0.25, 0.3) is 11.3 Å². The Bertz CT molecular complexity index is 681. The highest BCUT2D eigenvalue weighted by atomic mass is 16.5. The van der Waals surface area contributed by atoms with Gasteiger partial charge in [-0.3, -0.25) is 4.98 Å². The van der Waals surface area contributed by atoms with Gasteiger partial charge in [-0.1, -0.05) is 71.3 Å². The zero-order valence-corrected chi connectivity index (χ0v) is 20.1. The quantitative estimate of drug-likeness (QED) is 0.240. The van der Waals surface area contributed by atoms with E-state index < -0.39 is 0 Å². The Morgan fingerprint density at radius 3 is 2.13 bits per heavy atom. The molecule has 2 rings (SSSR count). The van der Waals surface area contributed by atoms with Gasteiger partial charge in [-0.05, 0) is 62.1 Å². The van der Waals surface area contributed by atoms with Gasteiger partial charge < -0.3 is 9.47 Å². The normalized spacial score (nSPS) is 12.1. The number of ether oxygens (including phenoxy) is 2. The molecule has 1 atom stereocenters. The first-order valence-electron chi connectivity index (χ1n) is 12.5. The second kappa shape index (κ2) is 15.9. The minimum absolute atomic E-state index is 0.113. The topological polar surface area (TPSA) is 31.4 Å². The molecular formula is C28H43NO2. The summed E-state index contributed by atoms with van der Waals surface area (Å²) in [6, 6.07) is 12.6. The number of rotatable bonds is 17. The Morgan fingerprint density at radius 1 is 0.774 bits per heavy atom. The Kier molecular flexibility index (Phi) is 13.0. The van der Waals surface area contributed by atoms with E-state index in [1.54, 1.807) is 0 Å². The van der Waals surface area contributed by atoms with Crippen LogP contribution in [0.1, 0.15) is 90.5 Å². The summed E-state index contributed by atoms with van der Waals surface area (Å²) in [5.41, 5.74) is 3.48. The fourth-order valence-corrected chi connectivity index (χ4v) is 3.65. The second-order valence-electron chi connectivity index (χ2n) is 8.65. The van der Waals surface area contributed by atoms with Gasteiger partial charge >= 0.3 is 0 Å². The van der Waals surface area contributed by atoms with E-state index in [2.05, 4.69) is 50.0 Å². The largest absolute Gasteiger partial charge is 0.491 e. The molecule has 3 nitrogen and oxygen atoms in total. The van der Waals surface area contributed by atoms with Crippen molar-refractivity contribution in [3.63, 3.8) is 0 Å². The fraction of sp³-hybridized carbons (Fsp3) is 0.607. The SMILES string of the molecule is CCCCCCCCc1ccc(-c2ccc(OCC(C)OCCCCCC)cc2)nc1. The Morgan fingerprint density at radius 2 is 1.45 bits per heavy atom. The van der Waals surface area contributed by atoms with Crippen LogP contribution in [-0.4, -0.2) is 24.3 Å². The Hall–Kier alpha value is -1.87. The number of aryl methyl sites for hydroxylation is 1. The Labute approximate surface area is 190 Å². The monoisotopic (exact) mass is 425 g/mol. The molecule has 0 aliphatic heterocycles. The van der Waals surface area contributed by atoms with Crippen LogP contribution < -0.4 is 4.74 Å². The lowest BCUT2D eigenvalue weighted by Gasteiger charge is -2.14. The van der Waals surface area contributed by atoms with Crippen LogP contribution in [0, 0.1) is 0 Å². The smallest absolute Gasteiger partial charge is 0.119 e. The summed E-state index contributed by atoms with van der Waals surface area (Å²) < 4.78 is 11.7. The van der Waals surface area contributed by atoms with E-state index in [9.17, 15) is 0 Å². The van der Waals surface area contributed by atoms with E-state index in [0.717, 1.165) is 36.5 Å². The number of hydrogen-bond acceptors (Lipinski definition) is 3. The van der Waals surface area contributed by atoms with E-state index in [1.807, 2.05) is 18.3 Å². The first kappa shape index (κ1) is 25.4. The van der Waals surface area contributed by atoms with Gasteiger partial charge in [0.15, 0.2) is 0 Å². The van der Waals surface area contributed by atoms with E-state index in [0.29, 0.717) is 6.61 Å². The average molecular weight is 426 g/mol. The maximum atomic E-state index is 5.89. The van der Waals surface area contributed by atoms with Crippen molar-refractivity contribution in [2.24, 2.45) is 0 Å². The molecule has 0 bridgehead atoms. The maximum Gasteiger partial charge on any atom is 0.119 e. The molecule has 1 unspecified atom stereocenters. The molecule has 1 aromatic heterocycles. The van der Waals surface area contributed by atoms with E-state index in [1.165, 1.54) is 63.4 Å². The van der Waals surface area contributed by atoms with Crippen LogP contribution in [0.4, 0.5) is 0 Å². The summed E-state index contributed by atoms with van der Waals surface area (Å²) in [5.74, 6) is 0.880. The summed E-state index contributed by atoms with van der Waals surface area (Å²) in [6.45, 7) is 7.97. The molecule has 0 amide bonds. The van der Waals surface area contributed by atoms with Crippen molar-refractivity contribution in [1.29, 1.82) is 0 Å². The average Bonchev–Trinajstić information content (AvgIpc) is 2.80. The predicted octanol–water partition coefficient (Wildman–Crippen LogP) is 8.02. The van der Waals surface area contributed by atoms with E-state index in [4.69, 9.17) is 9.47 Å². The Balaban J connectivity index is 1.69. The van der Waals surface area contributed by atoms with E-state index >= 15 is 0 Å². The van der Waals surface area contributed by atoms with Crippen LogP contribution in [0.5, 0.6) is 5.75 Å². The zero-order valence-electron chi connectivity index (χ0n) is 20.1. The highest BCUT2D eigenvalue weighted by Gasteiger charge is 2.05. The number of pyridine rings is 1. The van der Waals surface area contributed by atoms with Gasteiger partial charge in [0.2, 0.25) is 0 Å². The van der Waals surface area contributed by atoms with Gasteiger partial charge in [-0.25, -0.2) is 0 Å².